The van der Waals surface area contributed by atoms with E-state index in [0.29, 0.717) is 0 Å². The quantitative estimate of drug-likeness (QED) is 0.163. The Hall–Kier alpha value is -7.42. The van der Waals surface area contributed by atoms with Crippen LogP contribution in [-0.4, -0.2) is 0 Å². The lowest BCUT2D eigenvalue weighted by Crippen LogP contribution is -2.28. The maximum Gasteiger partial charge on any atom is 0.143 e. The zero-order valence-corrected chi connectivity index (χ0v) is 31.2. The van der Waals surface area contributed by atoms with Gasteiger partial charge in [-0.3, -0.25) is 0 Å². The fourth-order valence-corrected chi connectivity index (χ4v) is 9.20. The van der Waals surface area contributed by atoms with Crippen LogP contribution < -0.4 is 4.90 Å². The van der Waals surface area contributed by atoms with Crippen molar-refractivity contribution < 1.29 is 4.42 Å². The van der Waals surface area contributed by atoms with Crippen molar-refractivity contribution in [2.24, 2.45) is 0 Å². The number of rotatable bonds is 7. The molecule has 2 heteroatoms. The maximum atomic E-state index is 6.88. The molecule has 0 spiro atoms. The van der Waals surface area contributed by atoms with Gasteiger partial charge in [-0.05, 0) is 92.5 Å². The van der Waals surface area contributed by atoms with Crippen LogP contribution in [0.3, 0.4) is 0 Å². The fraction of sp³-hybridized carbons (Fsp3) is 0.0182. The lowest BCUT2D eigenvalue weighted by molar-refractivity contribution is 0.669. The van der Waals surface area contributed by atoms with Crippen molar-refractivity contribution in [1.82, 2.24) is 0 Å². The highest BCUT2D eigenvalue weighted by Gasteiger charge is 2.47. The molecular weight excluding hydrogens is 691 g/mol. The van der Waals surface area contributed by atoms with Crippen molar-refractivity contribution in [2.75, 3.05) is 4.90 Å². The molecule has 9 aromatic carbocycles. The topological polar surface area (TPSA) is 16.4 Å². The summed E-state index contributed by atoms with van der Waals surface area (Å²) in [5.41, 5.74) is 16.5. The first kappa shape index (κ1) is 33.0. The molecule has 0 unspecified atom stereocenters. The average molecular weight is 728 g/mol. The largest absolute Gasteiger partial charge is 0.455 e. The van der Waals surface area contributed by atoms with Crippen molar-refractivity contribution in [1.29, 1.82) is 0 Å². The van der Waals surface area contributed by atoms with Crippen molar-refractivity contribution in [3.63, 3.8) is 0 Å². The van der Waals surface area contributed by atoms with Crippen LogP contribution >= 0.6 is 0 Å². The fourth-order valence-electron chi connectivity index (χ4n) is 9.20. The second-order valence-electron chi connectivity index (χ2n) is 14.8. The molecule has 1 aliphatic rings. The van der Waals surface area contributed by atoms with E-state index in [0.717, 1.165) is 44.6 Å². The highest BCUT2D eigenvalue weighted by Crippen LogP contribution is 2.59. The molecule has 268 valence electrons. The van der Waals surface area contributed by atoms with Gasteiger partial charge in [0.2, 0.25) is 0 Å². The maximum absolute atomic E-state index is 6.88. The highest BCUT2D eigenvalue weighted by molar-refractivity contribution is 6.12. The summed E-state index contributed by atoms with van der Waals surface area (Å²) in [6.07, 6.45) is 0. The summed E-state index contributed by atoms with van der Waals surface area (Å²) >= 11 is 0. The number of hydrogen-bond donors (Lipinski definition) is 0. The third-order valence-electron chi connectivity index (χ3n) is 11.8. The summed E-state index contributed by atoms with van der Waals surface area (Å²) in [6, 6.07) is 81.1. The molecule has 0 amide bonds. The van der Waals surface area contributed by atoms with Crippen LogP contribution in [-0.2, 0) is 5.41 Å². The van der Waals surface area contributed by atoms with Gasteiger partial charge in [0.25, 0.3) is 0 Å². The van der Waals surface area contributed by atoms with Crippen molar-refractivity contribution >= 4 is 39.0 Å². The monoisotopic (exact) mass is 727 g/mol. The Morgan fingerprint density at radius 1 is 0.351 bits per heavy atom. The lowest BCUT2D eigenvalue weighted by Gasteiger charge is -2.34. The number of anilines is 3. The summed E-state index contributed by atoms with van der Waals surface area (Å²) in [5.74, 6) is 0. The Bertz CT molecular complexity index is 2900. The lowest BCUT2D eigenvalue weighted by atomic mass is 9.67. The molecule has 0 radical (unpaired) electrons. The van der Waals surface area contributed by atoms with Gasteiger partial charge in [0.05, 0.1) is 5.41 Å². The number of hydrogen-bond acceptors (Lipinski definition) is 2. The Morgan fingerprint density at radius 3 is 1.37 bits per heavy atom. The predicted octanol–water partition coefficient (Wildman–Crippen LogP) is 14.8. The summed E-state index contributed by atoms with van der Waals surface area (Å²) in [7, 11) is 0. The summed E-state index contributed by atoms with van der Waals surface area (Å²) < 4.78 is 6.88. The van der Waals surface area contributed by atoms with Gasteiger partial charge in [0.15, 0.2) is 0 Å². The molecule has 1 aliphatic carbocycles. The van der Waals surface area contributed by atoms with Gasteiger partial charge < -0.3 is 9.32 Å². The minimum Gasteiger partial charge on any atom is -0.455 e. The Kier molecular flexibility index (Phi) is 7.75. The minimum absolute atomic E-state index is 0.557. The molecule has 0 bridgehead atoms. The van der Waals surface area contributed by atoms with Crippen LogP contribution in [0.5, 0.6) is 0 Å². The van der Waals surface area contributed by atoms with Gasteiger partial charge >= 0.3 is 0 Å². The molecule has 0 N–H and O–H groups in total. The van der Waals surface area contributed by atoms with Gasteiger partial charge in [-0.25, -0.2) is 0 Å². The van der Waals surface area contributed by atoms with Crippen LogP contribution in [0.25, 0.3) is 55.3 Å². The first-order valence-electron chi connectivity index (χ1n) is 19.6. The number of fused-ring (bicyclic) bond motifs is 7. The van der Waals surface area contributed by atoms with Gasteiger partial charge in [-0.1, -0.05) is 182 Å². The molecule has 57 heavy (non-hydrogen) atoms. The molecule has 1 heterocycles. The van der Waals surface area contributed by atoms with Gasteiger partial charge in [0.1, 0.15) is 11.2 Å². The summed E-state index contributed by atoms with van der Waals surface area (Å²) in [5, 5.41) is 2.26. The average Bonchev–Trinajstić information content (AvgIpc) is 3.82. The molecule has 2 nitrogen and oxygen atoms in total. The first-order valence-corrected chi connectivity index (χ1v) is 19.6. The van der Waals surface area contributed by atoms with E-state index in [2.05, 4.69) is 229 Å². The number of para-hydroxylation sites is 1. The summed E-state index contributed by atoms with van der Waals surface area (Å²) in [6.45, 7) is 0. The molecular formula is C55H37NO. The Morgan fingerprint density at radius 2 is 0.807 bits per heavy atom. The van der Waals surface area contributed by atoms with Crippen LogP contribution in [0.15, 0.2) is 229 Å². The molecule has 0 fully saturated rings. The smallest absolute Gasteiger partial charge is 0.143 e. The predicted molar refractivity (Wildman–Crippen MR) is 237 cm³/mol. The Balaban J connectivity index is 1.17. The first-order chi connectivity index (χ1) is 28.3. The van der Waals surface area contributed by atoms with E-state index in [4.69, 9.17) is 4.42 Å². The van der Waals surface area contributed by atoms with Gasteiger partial charge in [-0.2, -0.15) is 0 Å². The van der Waals surface area contributed by atoms with E-state index < -0.39 is 5.41 Å². The third kappa shape index (κ3) is 5.26. The van der Waals surface area contributed by atoms with Crippen molar-refractivity contribution in [3.05, 3.63) is 247 Å². The Labute approximate surface area is 332 Å². The van der Waals surface area contributed by atoms with Crippen LogP contribution in [0, 0.1) is 0 Å². The molecule has 0 saturated heterocycles. The second kappa shape index (κ2) is 13.4. The molecule has 1 aromatic heterocycles. The van der Waals surface area contributed by atoms with E-state index in [1.807, 2.05) is 0 Å². The van der Waals surface area contributed by atoms with Crippen LogP contribution in [0.2, 0.25) is 0 Å². The van der Waals surface area contributed by atoms with Gasteiger partial charge in [0, 0.05) is 33.4 Å². The van der Waals surface area contributed by atoms with E-state index >= 15 is 0 Å². The van der Waals surface area contributed by atoms with Gasteiger partial charge in [-0.15, -0.1) is 0 Å². The SMILES string of the molecule is c1ccc(-c2ccc(N(c3ccc(-c4ccccc4)cc3)c3ccc4c(c3)-c3c(ccc5c3oc3ccccc35)C4(c3ccccc3)c3ccccc3)cc2)cc1. The highest BCUT2D eigenvalue weighted by atomic mass is 16.3. The van der Waals surface area contributed by atoms with Crippen molar-refractivity contribution in [3.8, 4) is 33.4 Å². The van der Waals surface area contributed by atoms with E-state index in [-0.39, 0.29) is 0 Å². The van der Waals surface area contributed by atoms with E-state index in [1.165, 1.54) is 50.1 Å². The number of furan rings is 1. The van der Waals surface area contributed by atoms with Crippen LogP contribution in [0.4, 0.5) is 17.1 Å². The number of benzene rings is 9. The van der Waals surface area contributed by atoms with Crippen LogP contribution in [0.1, 0.15) is 22.3 Å². The molecule has 0 saturated carbocycles. The normalized spacial score (nSPS) is 12.7. The zero-order chi connectivity index (χ0) is 37.8. The summed E-state index contributed by atoms with van der Waals surface area (Å²) in [4.78, 5) is 2.38. The minimum atomic E-state index is -0.557. The van der Waals surface area contributed by atoms with E-state index in [1.54, 1.807) is 0 Å². The number of nitrogens with zero attached hydrogens (tertiary/aromatic N) is 1. The third-order valence-corrected chi connectivity index (χ3v) is 11.8. The molecule has 10 aromatic rings. The second-order valence-corrected chi connectivity index (χ2v) is 14.8. The molecule has 0 aliphatic heterocycles. The zero-order valence-electron chi connectivity index (χ0n) is 31.2. The van der Waals surface area contributed by atoms with Crippen molar-refractivity contribution in [2.45, 2.75) is 5.41 Å². The van der Waals surface area contributed by atoms with E-state index in [9.17, 15) is 0 Å². The molecule has 0 atom stereocenters. The molecule has 11 rings (SSSR count). The standard InChI is InChI=1S/C55H37NO/c1-5-15-38(16-6-1)40-25-29-44(30-26-40)56(45-31-27-41(28-32-45)39-17-7-2-8-18-39)46-33-35-50-49(37-46)53-51(36-34-48-47-23-13-14-24-52(47)57-54(48)53)55(50,42-19-9-3-10-20-42)43-21-11-4-12-22-43/h1-37H.